The van der Waals surface area contributed by atoms with E-state index in [0.29, 0.717) is 25.3 Å². The van der Waals surface area contributed by atoms with Gasteiger partial charge in [-0.15, -0.1) is 0 Å². The quantitative estimate of drug-likeness (QED) is 0.667. The van der Waals surface area contributed by atoms with E-state index in [1.54, 1.807) is 16.9 Å². The van der Waals surface area contributed by atoms with Gasteiger partial charge < -0.3 is 11.1 Å². The van der Waals surface area contributed by atoms with Crippen molar-refractivity contribution in [2.24, 2.45) is 0 Å². The zero-order chi connectivity index (χ0) is 11.5. The lowest BCUT2D eigenvalue weighted by Gasteiger charge is -2.11. The van der Waals surface area contributed by atoms with Gasteiger partial charge in [-0.3, -0.25) is 14.4 Å². The average Bonchev–Trinajstić information content (AvgIpc) is 2.78. The normalized spacial score (nSPS) is 15.6. The third-order valence-corrected chi connectivity index (χ3v) is 2.37. The van der Waals surface area contributed by atoms with Gasteiger partial charge in [-0.2, -0.15) is 5.10 Å². The minimum absolute atomic E-state index is 0.105. The molecule has 1 aliphatic heterocycles. The summed E-state index contributed by atoms with van der Waals surface area (Å²) in [6, 6.07) is 1.39. The van der Waals surface area contributed by atoms with Crippen LogP contribution in [-0.2, 0) is 11.3 Å². The molecular weight excluding hydrogens is 210 g/mol. The van der Waals surface area contributed by atoms with Crippen molar-refractivity contribution in [3.63, 3.8) is 0 Å². The number of carbonyl (C=O) groups excluding carboxylic acids is 2. The van der Waals surface area contributed by atoms with Gasteiger partial charge in [0.2, 0.25) is 5.91 Å². The second-order valence-electron chi connectivity index (χ2n) is 3.56. The maximum absolute atomic E-state index is 11.2. The summed E-state index contributed by atoms with van der Waals surface area (Å²) >= 11 is 0. The predicted molar refractivity (Wildman–Crippen MR) is 56.4 cm³/mol. The molecule has 1 aromatic rings. The van der Waals surface area contributed by atoms with Gasteiger partial charge in [-0.05, 0) is 12.5 Å². The number of hydrogen-bond donors (Lipinski definition) is 2. The molecule has 1 fully saturated rings. The molecule has 0 atom stereocenters. The second-order valence-corrected chi connectivity index (χ2v) is 3.56. The fraction of sp³-hybridized carbons (Fsp3) is 0.444. The highest BCUT2D eigenvalue weighted by Gasteiger charge is 2.27. The average molecular weight is 223 g/mol. The zero-order valence-electron chi connectivity index (χ0n) is 8.72. The van der Waals surface area contributed by atoms with Crippen LogP contribution in [0.15, 0.2) is 12.3 Å². The Morgan fingerprint density at radius 2 is 2.25 bits per heavy atom. The number of nitrogens with two attached hydrogens (primary N) is 1. The number of hydrogen-bond acceptors (Lipinski definition) is 4. The van der Waals surface area contributed by atoms with Crippen LogP contribution in [0.4, 0.5) is 10.6 Å². The Kier molecular flexibility index (Phi) is 2.76. The van der Waals surface area contributed by atoms with Crippen LogP contribution >= 0.6 is 0 Å². The molecule has 0 saturated carbocycles. The van der Waals surface area contributed by atoms with Gasteiger partial charge in [0.1, 0.15) is 5.82 Å². The standard InChI is InChI=1S/C9H13N5O2/c10-7-2-5-13(12-7)3-1-4-14-8(15)6-11-9(14)16/h2,5H,1,3-4,6H2,(H2,10,12)(H,11,16). The summed E-state index contributed by atoms with van der Waals surface area (Å²) in [6.07, 6.45) is 2.43. The van der Waals surface area contributed by atoms with Gasteiger partial charge in [0.25, 0.3) is 0 Å². The molecular formula is C9H13N5O2. The molecule has 0 unspecified atom stereocenters. The molecule has 1 aliphatic rings. The molecule has 3 N–H and O–H groups in total. The first-order chi connectivity index (χ1) is 7.66. The van der Waals surface area contributed by atoms with Crippen molar-refractivity contribution >= 4 is 17.8 Å². The molecule has 0 aliphatic carbocycles. The lowest BCUT2D eigenvalue weighted by atomic mass is 10.4. The fourth-order valence-electron chi connectivity index (χ4n) is 1.57. The van der Waals surface area contributed by atoms with Gasteiger partial charge in [0.05, 0.1) is 6.54 Å². The van der Waals surface area contributed by atoms with Gasteiger partial charge in [-0.25, -0.2) is 4.79 Å². The number of amides is 3. The van der Waals surface area contributed by atoms with Crippen LogP contribution in [0, 0.1) is 0 Å². The lowest BCUT2D eigenvalue weighted by molar-refractivity contribution is -0.125. The van der Waals surface area contributed by atoms with Crippen LogP contribution in [0.5, 0.6) is 0 Å². The number of anilines is 1. The number of urea groups is 1. The molecule has 1 aromatic heterocycles. The van der Waals surface area contributed by atoms with Crippen LogP contribution < -0.4 is 11.1 Å². The number of rotatable bonds is 4. The van der Waals surface area contributed by atoms with E-state index in [1.807, 2.05) is 0 Å². The van der Waals surface area contributed by atoms with Gasteiger partial charge in [0.15, 0.2) is 0 Å². The molecule has 3 amide bonds. The van der Waals surface area contributed by atoms with Crippen LogP contribution in [0.25, 0.3) is 0 Å². The molecule has 1 saturated heterocycles. The molecule has 86 valence electrons. The van der Waals surface area contributed by atoms with Gasteiger partial charge >= 0.3 is 6.03 Å². The van der Waals surface area contributed by atoms with Crippen molar-refractivity contribution < 1.29 is 9.59 Å². The van der Waals surface area contributed by atoms with Crippen molar-refractivity contribution in [3.05, 3.63) is 12.3 Å². The zero-order valence-corrected chi connectivity index (χ0v) is 8.72. The maximum Gasteiger partial charge on any atom is 0.324 e. The number of carbonyl (C=O) groups is 2. The van der Waals surface area contributed by atoms with E-state index in [-0.39, 0.29) is 18.5 Å². The highest BCUT2D eigenvalue weighted by Crippen LogP contribution is 2.02. The van der Waals surface area contributed by atoms with Crippen molar-refractivity contribution in [1.82, 2.24) is 20.0 Å². The van der Waals surface area contributed by atoms with Crippen molar-refractivity contribution in [3.8, 4) is 0 Å². The first-order valence-corrected chi connectivity index (χ1v) is 5.04. The SMILES string of the molecule is Nc1ccn(CCCN2C(=O)CNC2=O)n1. The topological polar surface area (TPSA) is 93.2 Å². The third-order valence-electron chi connectivity index (χ3n) is 2.37. The lowest BCUT2D eigenvalue weighted by Crippen LogP contribution is -2.32. The summed E-state index contributed by atoms with van der Waals surface area (Å²) in [4.78, 5) is 23.6. The predicted octanol–water partition coefficient (Wildman–Crippen LogP) is -0.593. The van der Waals surface area contributed by atoms with E-state index >= 15 is 0 Å². The minimum Gasteiger partial charge on any atom is -0.382 e. The molecule has 0 radical (unpaired) electrons. The van der Waals surface area contributed by atoms with E-state index in [2.05, 4.69) is 10.4 Å². The summed E-state index contributed by atoms with van der Waals surface area (Å²) in [5, 5.41) is 6.47. The Morgan fingerprint density at radius 3 is 2.81 bits per heavy atom. The third kappa shape index (κ3) is 2.13. The van der Waals surface area contributed by atoms with Crippen LogP contribution in [0.3, 0.4) is 0 Å². The minimum atomic E-state index is -0.315. The molecule has 0 aromatic carbocycles. The Bertz CT molecular complexity index is 398. The Hall–Kier alpha value is -2.05. The van der Waals surface area contributed by atoms with Gasteiger partial charge in [-0.1, -0.05) is 0 Å². The molecule has 7 heteroatoms. The maximum atomic E-state index is 11.2. The monoisotopic (exact) mass is 223 g/mol. The fourth-order valence-corrected chi connectivity index (χ4v) is 1.57. The van der Waals surface area contributed by atoms with Crippen molar-refractivity contribution in [2.45, 2.75) is 13.0 Å². The van der Waals surface area contributed by atoms with Gasteiger partial charge in [0, 0.05) is 19.3 Å². The number of aromatic nitrogens is 2. The largest absolute Gasteiger partial charge is 0.382 e. The summed E-state index contributed by atoms with van der Waals surface area (Å²) < 4.78 is 1.69. The summed E-state index contributed by atoms with van der Waals surface area (Å²) in [5.74, 6) is 0.292. The van der Waals surface area contributed by atoms with Crippen molar-refractivity contribution in [1.29, 1.82) is 0 Å². The van der Waals surface area contributed by atoms with Crippen LogP contribution in [0.2, 0.25) is 0 Å². The number of aryl methyl sites for hydroxylation is 1. The highest BCUT2D eigenvalue weighted by molar-refractivity contribution is 6.01. The summed E-state index contributed by atoms with van der Waals surface area (Å²) in [7, 11) is 0. The Balaban J connectivity index is 1.80. The molecule has 0 spiro atoms. The van der Waals surface area contributed by atoms with E-state index < -0.39 is 0 Å². The second kappa shape index (κ2) is 4.21. The molecule has 16 heavy (non-hydrogen) atoms. The van der Waals surface area contributed by atoms with E-state index in [1.165, 1.54) is 4.90 Å². The Labute approximate surface area is 92.2 Å². The molecule has 2 heterocycles. The van der Waals surface area contributed by atoms with E-state index in [9.17, 15) is 9.59 Å². The van der Waals surface area contributed by atoms with Crippen LogP contribution in [-0.4, -0.2) is 39.7 Å². The first kappa shape index (κ1) is 10.5. The Morgan fingerprint density at radius 1 is 1.44 bits per heavy atom. The first-order valence-electron chi connectivity index (χ1n) is 5.04. The summed E-state index contributed by atoms with van der Waals surface area (Å²) in [6.45, 7) is 1.15. The molecule has 0 bridgehead atoms. The number of nitrogen functional groups attached to an aromatic ring is 1. The van der Waals surface area contributed by atoms with E-state index in [0.717, 1.165) is 0 Å². The van der Waals surface area contributed by atoms with E-state index in [4.69, 9.17) is 5.73 Å². The number of nitrogens with zero attached hydrogens (tertiary/aromatic N) is 3. The summed E-state index contributed by atoms with van der Waals surface area (Å²) in [5.41, 5.74) is 5.46. The highest BCUT2D eigenvalue weighted by atomic mass is 16.2. The number of imide groups is 1. The number of nitrogens with one attached hydrogen (secondary N) is 1. The molecule has 7 nitrogen and oxygen atoms in total. The van der Waals surface area contributed by atoms with Crippen LogP contribution in [0.1, 0.15) is 6.42 Å². The molecule has 2 rings (SSSR count). The van der Waals surface area contributed by atoms with Crippen molar-refractivity contribution in [2.75, 3.05) is 18.8 Å². The smallest absolute Gasteiger partial charge is 0.324 e.